The van der Waals surface area contributed by atoms with Gasteiger partial charge in [0.05, 0.1) is 25.9 Å². The summed E-state index contributed by atoms with van der Waals surface area (Å²) in [5.41, 5.74) is 2.80. The molecule has 3 aliphatic heterocycles. The molecule has 3 saturated heterocycles. The Kier molecular flexibility index (Phi) is 7.06. The Morgan fingerprint density at radius 1 is 1.14 bits per heavy atom. The molecule has 4 rings (SSSR count). The van der Waals surface area contributed by atoms with E-state index in [1.165, 1.54) is 24.0 Å². The van der Waals surface area contributed by atoms with Gasteiger partial charge in [0.25, 0.3) is 0 Å². The van der Waals surface area contributed by atoms with Crippen molar-refractivity contribution in [2.24, 2.45) is 10.4 Å². The summed E-state index contributed by atoms with van der Waals surface area (Å²) in [6.45, 7) is 9.97. The highest BCUT2D eigenvalue weighted by molar-refractivity contribution is 5.80. The average Bonchev–Trinajstić information content (AvgIpc) is 3.41. The van der Waals surface area contributed by atoms with Crippen LogP contribution in [0.4, 0.5) is 0 Å². The molecular weight excluding hydrogens is 366 g/mol. The molecule has 1 atom stereocenters. The van der Waals surface area contributed by atoms with Crippen molar-refractivity contribution in [3.63, 3.8) is 0 Å². The second-order valence-corrected chi connectivity index (χ2v) is 8.58. The zero-order chi connectivity index (χ0) is 19.9. The molecule has 3 fully saturated rings. The highest BCUT2D eigenvalue weighted by atomic mass is 16.5. The lowest BCUT2D eigenvalue weighted by atomic mass is 9.87. The van der Waals surface area contributed by atoms with Gasteiger partial charge in [0, 0.05) is 44.9 Å². The first-order valence-corrected chi connectivity index (χ1v) is 11.1. The van der Waals surface area contributed by atoms with Crippen LogP contribution in [0.25, 0.3) is 0 Å². The van der Waals surface area contributed by atoms with E-state index in [4.69, 9.17) is 19.2 Å². The third-order valence-corrected chi connectivity index (χ3v) is 6.35. The molecule has 160 valence electrons. The zero-order valence-corrected chi connectivity index (χ0v) is 17.7. The number of aliphatic imine (C=N–C) groups is 1. The Bertz CT molecular complexity index is 664. The molecule has 1 spiro atoms. The van der Waals surface area contributed by atoms with Crippen LogP contribution in [-0.4, -0.2) is 63.0 Å². The molecule has 3 heterocycles. The molecular formula is C23H35N3O3. The fourth-order valence-corrected chi connectivity index (χ4v) is 4.48. The van der Waals surface area contributed by atoms with Gasteiger partial charge >= 0.3 is 0 Å². The van der Waals surface area contributed by atoms with Gasteiger partial charge in [0.1, 0.15) is 0 Å². The van der Waals surface area contributed by atoms with Crippen molar-refractivity contribution in [3.8, 4) is 0 Å². The summed E-state index contributed by atoms with van der Waals surface area (Å²) < 4.78 is 17.1. The monoisotopic (exact) mass is 401 g/mol. The van der Waals surface area contributed by atoms with Gasteiger partial charge in [-0.1, -0.05) is 24.3 Å². The largest absolute Gasteiger partial charge is 0.381 e. The van der Waals surface area contributed by atoms with Crippen LogP contribution < -0.4 is 5.32 Å². The summed E-state index contributed by atoms with van der Waals surface area (Å²) in [4.78, 5) is 7.33. The van der Waals surface area contributed by atoms with Crippen LogP contribution in [0.2, 0.25) is 0 Å². The molecule has 0 bridgehead atoms. The third-order valence-electron chi connectivity index (χ3n) is 6.35. The third kappa shape index (κ3) is 5.50. The number of hydrogen-bond donors (Lipinski definition) is 1. The van der Waals surface area contributed by atoms with E-state index in [-0.39, 0.29) is 0 Å². The molecule has 0 amide bonds. The summed E-state index contributed by atoms with van der Waals surface area (Å²) in [6, 6.07) is 8.67. The molecule has 6 nitrogen and oxygen atoms in total. The number of rotatable bonds is 6. The Labute approximate surface area is 174 Å². The smallest absolute Gasteiger partial charge is 0.194 e. The maximum atomic E-state index is 6.02. The highest BCUT2D eigenvalue weighted by Gasteiger charge is 2.42. The summed E-state index contributed by atoms with van der Waals surface area (Å²) in [6.07, 6.45) is 4.73. The van der Waals surface area contributed by atoms with Crippen LogP contribution in [0.15, 0.2) is 29.3 Å². The lowest BCUT2D eigenvalue weighted by Gasteiger charge is -2.25. The van der Waals surface area contributed by atoms with Crippen LogP contribution in [-0.2, 0) is 27.4 Å². The van der Waals surface area contributed by atoms with E-state index in [1.807, 2.05) is 0 Å². The zero-order valence-electron chi connectivity index (χ0n) is 17.7. The molecule has 29 heavy (non-hydrogen) atoms. The fraction of sp³-hybridized carbons (Fsp3) is 0.696. The van der Waals surface area contributed by atoms with Gasteiger partial charge in [0.15, 0.2) is 5.96 Å². The number of benzene rings is 1. The molecule has 1 N–H and O–H groups in total. The minimum absolute atomic E-state index is 0.338. The van der Waals surface area contributed by atoms with Crippen LogP contribution in [0, 0.1) is 5.41 Å². The van der Waals surface area contributed by atoms with Gasteiger partial charge in [-0.3, -0.25) is 0 Å². The van der Waals surface area contributed by atoms with Crippen molar-refractivity contribution >= 4 is 5.96 Å². The van der Waals surface area contributed by atoms with Crippen LogP contribution in [0.3, 0.4) is 0 Å². The molecule has 6 heteroatoms. The van der Waals surface area contributed by atoms with E-state index in [0.29, 0.717) is 24.7 Å². The van der Waals surface area contributed by atoms with Crippen LogP contribution >= 0.6 is 0 Å². The molecule has 0 saturated carbocycles. The minimum Gasteiger partial charge on any atom is -0.381 e. The van der Waals surface area contributed by atoms with Gasteiger partial charge < -0.3 is 24.4 Å². The normalized spacial score (nSPS) is 25.8. The Balaban J connectivity index is 1.30. The fourth-order valence-electron chi connectivity index (χ4n) is 4.48. The van der Waals surface area contributed by atoms with Crippen LogP contribution in [0.5, 0.6) is 0 Å². The van der Waals surface area contributed by atoms with Crippen molar-refractivity contribution in [1.29, 1.82) is 0 Å². The van der Waals surface area contributed by atoms with Crippen molar-refractivity contribution in [2.45, 2.75) is 51.9 Å². The first-order valence-electron chi connectivity index (χ1n) is 11.1. The maximum absolute atomic E-state index is 6.02. The minimum atomic E-state index is 0.338. The van der Waals surface area contributed by atoms with Gasteiger partial charge in [0.2, 0.25) is 0 Å². The van der Waals surface area contributed by atoms with Crippen molar-refractivity contribution in [2.75, 3.05) is 46.1 Å². The van der Waals surface area contributed by atoms with Crippen molar-refractivity contribution in [3.05, 3.63) is 35.4 Å². The SMILES string of the molecule is CCNC(=NCc1ccc(COC2CCOCC2)cc1)N1CCC2(CCOC2)C1. The van der Waals surface area contributed by atoms with E-state index in [2.05, 4.69) is 41.4 Å². The van der Waals surface area contributed by atoms with Crippen molar-refractivity contribution < 1.29 is 14.2 Å². The van der Waals surface area contributed by atoms with E-state index in [1.54, 1.807) is 0 Å². The van der Waals surface area contributed by atoms with E-state index < -0.39 is 0 Å². The van der Waals surface area contributed by atoms with Crippen molar-refractivity contribution in [1.82, 2.24) is 10.2 Å². The van der Waals surface area contributed by atoms with E-state index in [9.17, 15) is 0 Å². The summed E-state index contributed by atoms with van der Waals surface area (Å²) >= 11 is 0. The van der Waals surface area contributed by atoms with E-state index in [0.717, 1.165) is 64.9 Å². The van der Waals surface area contributed by atoms with Gasteiger partial charge in [-0.2, -0.15) is 0 Å². The molecule has 3 aliphatic rings. The molecule has 0 radical (unpaired) electrons. The topological polar surface area (TPSA) is 55.3 Å². The first kappa shape index (κ1) is 20.6. The van der Waals surface area contributed by atoms with Gasteiger partial charge in [-0.05, 0) is 43.7 Å². The number of hydrogen-bond acceptors (Lipinski definition) is 4. The number of ether oxygens (including phenoxy) is 3. The number of likely N-dealkylation sites (tertiary alicyclic amines) is 1. The summed E-state index contributed by atoms with van der Waals surface area (Å²) in [5, 5.41) is 3.47. The predicted octanol–water partition coefficient (Wildman–Crippen LogP) is 2.96. The molecule has 1 unspecified atom stereocenters. The second-order valence-electron chi connectivity index (χ2n) is 8.58. The maximum Gasteiger partial charge on any atom is 0.194 e. The number of nitrogens with one attached hydrogen (secondary N) is 1. The highest BCUT2D eigenvalue weighted by Crippen LogP contribution is 2.38. The lowest BCUT2D eigenvalue weighted by molar-refractivity contribution is -0.0390. The molecule has 1 aromatic carbocycles. The Morgan fingerprint density at radius 3 is 2.66 bits per heavy atom. The average molecular weight is 402 g/mol. The number of guanidine groups is 1. The van der Waals surface area contributed by atoms with Crippen LogP contribution in [0.1, 0.15) is 43.7 Å². The summed E-state index contributed by atoms with van der Waals surface area (Å²) in [7, 11) is 0. The molecule has 0 aliphatic carbocycles. The Hall–Kier alpha value is -1.63. The van der Waals surface area contributed by atoms with Gasteiger partial charge in [-0.15, -0.1) is 0 Å². The first-order chi connectivity index (χ1) is 14.3. The summed E-state index contributed by atoms with van der Waals surface area (Å²) in [5.74, 6) is 1.03. The van der Waals surface area contributed by atoms with Gasteiger partial charge in [-0.25, -0.2) is 4.99 Å². The number of nitrogens with zero attached hydrogens (tertiary/aromatic N) is 2. The molecule has 0 aromatic heterocycles. The Morgan fingerprint density at radius 2 is 1.93 bits per heavy atom. The standard InChI is InChI=1S/C23H35N3O3/c1-2-24-22(26-11-9-23(17-26)10-14-28-18-23)25-15-19-3-5-20(6-4-19)16-29-21-7-12-27-13-8-21/h3-6,21H,2,7-18H2,1H3,(H,24,25). The second kappa shape index (κ2) is 9.92. The van der Waals surface area contributed by atoms with E-state index >= 15 is 0 Å². The quantitative estimate of drug-likeness (QED) is 0.587. The lowest BCUT2D eigenvalue weighted by Crippen LogP contribution is -2.41. The molecule has 1 aromatic rings. The predicted molar refractivity (Wildman–Crippen MR) is 114 cm³/mol.